The van der Waals surface area contributed by atoms with Crippen molar-refractivity contribution in [2.45, 2.75) is 13.5 Å². The minimum absolute atomic E-state index is 0.205. The van der Waals surface area contributed by atoms with E-state index in [9.17, 15) is 13.6 Å². The maximum atomic E-state index is 13.5. The van der Waals surface area contributed by atoms with Gasteiger partial charge in [-0.25, -0.2) is 13.6 Å². The van der Waals surface area contributed by atoms with Crippen LogP contribution in [0.2, 0.25) is 0 Å². The van der Waals surface area contributed by atoms with Crippen LogP contribution in [-0.4, -0.2) is 22.4 Å². The average molecular weight is 296 g/mol. The molecule has 0 unspecified atom stereocenters. The molecule has 0 N–H and O–H groups in total. The minimum atomic E-state index is -0.810. The van der Waals surface area contributed by atoms with Gasteiger partial charge in [0.2, 0.25) is 0 Å². The van der Waals surface area contributed by atoms with Crippen LogP contribution in [0, 0.1) is 11.6 Å². The Morgan fingerprint density at radius 2 is 2.00 bits per heavy atom. The predicted molar refractivity (Wildman–Crippen MR) is 69.9 cm³/mol. The van der Waals surface area contributed by atoms with E-state index < -0.39 is 23.4 Å². The van der Waals surface area contributed by atoms with Crippen molar-refractivity contribution in [3.8, 4) is 5.75 Å². The van der Waals surface area contributed by atoms with Gasteiger partial charge in [-0.2, -0.15) is 5.10 Å². The highest BCUT2D eigenvalue weighted by atomic mass is 19.1. The third-order valence-corrected chi connectivity index (χ3v) is 2.83. The van der Waals surface area contributed by atoms with Gasteiger partial charge >= 0.3 is 5.97 Å². The molecule has 5 nitrogen and oxygen atoms in total. The average Bonchev–Trinajstić information content (AvgIpc) is 2.80. The first kappa shape index (κ1) is 15.0. The molecule has 0 bridgehead atoms. The fourth-order valence-electron chi connectivity index (χ4n) is 1.77. The summed E-state index contributed by atoms with van der Waals surface area (Å²) < 4.78 is 38.4. The Balaban J connectivity index is 2.21. The minimum Gasteiger partial charge on any atom is -0.481 e. The Bertz CT molecular complexity index is 635. The summed E-state index contributed by atoms with van der Waals surface area (Å²) in [6.07, 6.45) is 1.33. The number of aromatic nitrogens is 2. The molecule has 0 amide bonds. The molecule has 112 valence electrons. The number of hydrogen-bond acceptors (Lipinski definition) is 4. The lowest BCUT2D eigenvalue weighted by Crippen LogP contribution is -2.12. The summed E-state index contributed by atoms with van der Waals surface area (Å²) in [5.74, 6) is -2.67. The second-order valence-electron chi connectivity index (χ2n) is 4.19. The number of carbonyl (C=O) groups is 1. The zero-order chi connectivity index (χ0) is 15.4. The summed E-state index contributed by atoms with van der Waals surface area (Å²) in [4.78, 5) is 11.7. The first-order valence-electron chi connectivity index (χ1n) is 6.29. The maximum Gasteiger partial charge on any atom is 0.341 e. The molecular weight excluding hydrogens is 282 g/mol. The monoisotopic (exact) mass is 296 g/mol. The largest absolute Gasteiger partial charge is 0.481 e. The molecule has 1 aromatic carbocycles. The highest BCUT2D eigenvalue weighted by Gasteiger charge is 2.19. The quantitative estimate of drug-likeness (QED) is 0.795. The standard InChI is InChI=1S/C14H14F2N2O3/c1-3-20-14(19)9-7-17-18(2)12(9)8-21-13-10(15)5-4-6-11(13)16/h4-7H,3,8H2,1-2H3. The molecule has 1 heterocycles. The van der Waals surface area contributed by atoms with Crippen LogP contribution in [-0.2, 0) is 18.4 Å². The van der Waals surface area contributed by atoms with Crippen LogP contribution in [0.25, 0.3) is 0 Å². The molecule has 0 radical (unpaired) electrons. The van der Waals surface area contributed by atoms with Gasteiger partial charge in [-0.15, -0.1) is 0 Å². The van der Waals surface area contributed by atoms with Crippen LogP contribution in [0.3, 0.4) is 0 Å². The van der Waals surface area contributed by atoms with E-state index in [0.29, 0.717) is 5.69 Å². The number of rotatable bonds is 5. The second kappa shape index (κ2) is 6.34. The molecule has 0 aliphatic heterocycles. The Morgan fingerprint density at radius 3 is 2.62 bits per heavy atom. The molecule has 0 saturated heterocycles. The molecule has 1 aromatic heterocycles. The molecule has 2 aromatic rings. The highest BCUT2D eigenvalue weighted by Crippen LogP contribution is 2.22. The van der Waals surface area contributed by atoms with E-state index in [1.54, 1.807) is 14.0 Å². The summed E-state index contributed by atoms with van der Waals surface area (Å²) >= 11 is 0. The second-order valence-corrected chi connectivity index (χ2v) is 4.19. The van der Waals surface area contributed by atoms with E-state index in [0.717, 1.165) is 12.1 Å². The van der Waals surface area contributed by atoms with Crippen LogP contribution in [0.4, 0.5) is 8.78 Å². The van der Waals surface area contributed by atoms with E-state index in [2.05, 4.69) is 5.10 Å². The van der Waals surface area contributed by atoms with Crippen molar-refractivity contribution in [1.82, 2.24) is 9.78 Å². The van der Waals surface area contributed by atoms with Crippen LogP contribution >= 0.6 is 0 Å². The van der Waals surface area contributed by atoms with Gasteiger partial charge in [0.25, 0.3) is 0 Å². The third kappa shape index (κ3) is 3.18. The maximum absolute atomic E-state index is 13.5. The Hall–Kier alpha value is -2.44. The number of esters is 1. The van der Waals surface area contributed by atoms with Crippen molar-refractivity contribution in [2.75, 3.05) is 6.61 Å². The zero-order valence-corrected chi connectivity index (χ0v) is 11.6. The molecule has 0 saturated carbocycles. The molecule has 0 aliphatic rings. The van der Waals surface area contributed by atoms with Crippen molar-refractivity contribution in [3.63, 3.8) is 0 Å². The van der Waals surface area contributed by atoms with Crippen molar-refractivity contribution in [3.05, 3.63) is 47.3 Å². The van der Waals surface area contributed by atoms with Crippen LogP contribution in [0.1, 0.15) is 23.0 Å². The predicted octanol–water partition coefficient (Wildman–Crippen LogP) is 2.45. The fraction of sp³-hybridized carbons (Fsp3) is 0.286. The molecule has 0 fully saturated rings. The number of para-hydroxylation sites is 1. The van der Waals surface area contributed by atoms with Gasteiger partial charge in [0, 0.05) is 7.05 Å². The molecule has 7 heteroatoms. The summed E-state index contributed by atoms with van der Waals surface area (Å²) in [7, 11) is 1.60. The molecule has 0 spiro atoms. The number of halogens is 2. The Labute approximate surface area is 120 Å². The normalized spacial score (nSPS) is 10.5. The van der Waals surface area contributed by atoms with Gasteiger partial charge in [-0.1, -0.05) is 6.07 Å². The number of benzene rings is 1. The van der Waals surface area contributed by atoms with Gasteiger partial charge in [-0.05, 0) is 19.1 Å². The van der Waals surface area contributed by atoms with Crippen molar-refractivity contribution in [2.24, 2.45) is 7.05 Å². The highest BCUT2D eigenvalue weighted by molar-refractivity contribution is 5.90. The van der Waals surface area contributed by atoms with Crippen LogP contribution < -0.4 is 4.74 Å². The lowest BCUT2D eigenvalue weighted by Gasteiger charge is -2.10. The first-order chi connectivity index (χ1) is 10.0. The SMILES string of the molecule is CCOC(=O)c1cnn(C)c1COc1c(F)cccc1F. The lowest BCUT2D eigenvalue weighted by molar-refractivity contribution is 0.0523. The fourth-order valence-corrected chi connectivity index (χ4v) is 1.77. The third-order valence-electron chi connectivity index (χ3n) is 2.83. The number of hydrogen-bond donors (Lipinski definition) is 0. The van der Waals surface area contributed by atoms with E-state index in [-0.39, 0.29) is 18.8 Å². The molecule has 2 rings (SSSR count). The van der Waals surface area contributed by atoms with E-state index >= 15 is 0 Å². The number of aryl methyl sites for hydroxylation is 1. The van der Waals surface area contributed by atoms with Gasteiger partial charge in [0.15, 0.2) is 17.4 Å². The van der Waals surface area contributed by atoms with Gasteiger partial charge < -0.3 is 9.47 Å². The Morgan fingerprint density at radius 1 is 1.33 bits per heavy atom. The van der Waals surface area contributed by atoms with E-state index in [1.165, 1.54) is 16.9 Å². The smallest absolute Gasteiger partial charge is 0.341 e. The molecule has 0 atom stereocenters. The van der Waals surface area contributed by atoms with Crippen molar-refractivity contribution >= 4 is 5.97 Å². The summed E-state index contributed by atoms with van der Waals surface area (Å²) in [5.41, 5.74) is 0.576. The number of nitrogens with zero attached hydrogens (tertiary/aromatic N) is 2. The van der Waals surface area contributed by atoms with Gasteiger partial charge in [-0.3, -0.25) is 4.68 Å². The number of ether oxygens (including phenoxy) is 2. The molecular formula is C14H14F2N2O3. The van der Waals surface area contributed by atoms with Crippen molar-refractivity contribution < 1.29 is 23.0 Å². The molecule has 21 heavy (non-hydrogen) atoms. The van der Waals surface area contributed by atoms with E-state index in [1.807, 2.05) is 0 Å². The number of carbonyl (C=O) groups excluding carboxylic acids is 1. The van der Waals surface area contributed by atoms with Gasteiger partial charge in [0.1, 0.15) is 12.2 Å². The Kier molecular flexibility index (Phi) is 4.52. The zero-order valence-electron chi connectivity index (χ0n) is 11.6. The summed E-state index contributed by atoms with van der Waals surface area (Å²) in [5, 5.41) is 3.93. The van der Waals surface area contributed by atoms with Crippen molar-refractivity contribution in [1.29, 1.82) is 0 Å². The van der Waals surface area contributed by atoms with Gasteiger partial charge in [0.05, 0.1) is 18.5 Å². The first-order valence-corrected chi connectivity index (χ1v) is 6.29. The lowest BCUT2D eigenvalue weighted by atomic mass is 10.2. The summed E-state index contributed by atoms with van der Waals surface area (Å²) in [6, 6.07) is 3.42. The topological polar surface area (TPSA) is 53.3 Å². The van der Waals surface area contributed by atoms with E-state index in [4.69, 9.17) is 9.47 Å². The summed E-state index contributed by atoms with van der Waals surface area (Å²) in [6.45, 7) is 1.69. The van der Waals surface area contributed by atoms with Crippen LogP contribution in [0.5, 0.6) is 5.75 Å². The van der Waals surface area contributed by atoms with Crippen LogP contribution in [0.15, 0.2) is 24.4 Å². The molecule has 0 aliphatic carbocycles.